The lowest BCUT2D eigenvalue weighted by Gasteiger charge is -2.24. The Labute approximate surface area is 118 Å². The summed E-state index contributed by atoms with van der Waals surface area (Å²) in [5.41, 5.74) is 1.94. The van der Waals surface area contributed by atoms with Crippen molar-refractivity contribution >= 4 is 28.6 Å². The number of amidine groups is 1. The van der Waals surface area contributed by atoms with Gasteiger partial charge in [0.2, 0.25) is 0 Å². The minimum atomic E-state index is -0.154. The Hall–Kier alpha value is -1.49. The molecule has 4 nitrogen and oxygen atoms in total. The number of nitrogens with zero attached hydrogens (tertiary/aromatic N) is 2. The lowest BCUT2D eigenvalue weighted by Crippen LogP contribution is -2.41. The van der Waals surface area contributed by atoms with Crippen LogP contribution in [0.15, 0.2) is 29.3 Å². The number of thioether (sulfide) groups is 1. The fourth-order valence-corrected chi connectivity index (χ4v) is 2.94. The molecule has 2 rings (SSSR count). The van der Waals surface area contributed by atoms with Crippen molar-refractivity contribution in [3.05, 3.63) is 29.8 Å². The molecular weight excluding hydrogens is 258 g/mol. The van der Waals surface area contributed by atoms with E-state index in [4.69, 9.17) is 0 Å². The Morgan fingerprint density at radius 1 is 1.42 bits per heavy atom. The molecule has 0 fully saturated rings. The number of hydrogen-bond acceptors (Lipinski definition) is 3. The Balaban J connectivity index is 2.39. The van der Waals surface area contributed by atoms with Crippen LogP contribution in [0.25, 0.3) is 0 Å². The van der Waals surface area contributed by atoms with Gasteiger partial charge in [-0.3, -0.25) is 4.99 Å². The molecule has 0 unspecified atom stereocenters. The first kappa shape index (κ1) is 13.9. The highest BCUT2D eigenvalue weighted by atomic mass is 32.2. The number of carbonyl (C=O) groups excluding carboxylic acids is 1. The molecule has 5 heteroatoms. The average molecular weight is 277 g/mol. The Bertz CT molecular complexity index is 525. The van der Waals surface area contributed by atoms with Crippen molar-refractivity contribution in [1.82, 2.24) is 5.32 Å². The van der Waals surface area contributed by atoms with Crippen LogP contribution in [0.1, 0.15) is 19.4 Å². The molecule has 19 heavy (non-hydrogen) atoms. The van der Waals surface area contributed by atoms with Crippen molar-refractivity contribution in [3.63, 3.8) is 0 Å². The first-order valence-corrected chi connectivity index (χ1v) is 7.07. The Kier molecular flexibility index (Phi) is 3.85. The summed E-state index contributed by atoms with van der Waals surface area (Å²) >= 11 is 1.64. The lowest BCUT2D eigenvalue weighted by molar-refractivity contribution is 0.251. The average Bonchev–Trinajstić information content (AvgIpc) is 2.72. The summed E-state index contributed by atoms with van der Waals surface area (Å²) < 4.78 is 0.0459. The van der Waals surface area contributed by atoms with Gasteiger partial charge < -0.3 is 5.32 Å². The van der Waals surface area contributed by atoms with Crippen molar-refractivity contribution in [1.29, 1.82) is 0 Å². The summed E-state index contributed by atoms with van der Waals surface area (Å²) in [7, 11) is 1.64. The normalized spacial score (nSPS) is 16.9. The molecule has 0 aromatic heterocycles. The van der Waals surface area contributed by atoms with Gasteiger partial charge in [0.05, 0.1) is 12.2 Å². The third kappa shape index (κ3) is 2.92. The fraction of sp³-hybridized carbons (Fsp3) is 0.429. The van der Waals surface area contributed by atoms with Crippen molar-refractivity contribution in [2.75, 3.05) is 18.5 Å². The molecule has 102 valence electrons. The van der Waals surface area contributed by atoms with Crippen LogP contribution >= 0.6 is 11.8 Å². The van der Waals surface area contributed by atoms with Crippen LogP contribution in [0.2, 0.25) is 0 Å². The van der Waals surface area contributed by atoms with E-state index < -0.39 is 0 Å². The van der Waals surface area contributed by atoms with Crippen molar-refractivity contribution in [2.45, 2.75) is 25.5 Å². The van der Waals surface area contributed by atoms with Gasteiger partial charge in [-0.15, -0.1) is 0 Å². The van der Waals surface area contributed by atoms with E-state index in [1.165, 1.54) is 0 Å². The number of urea groups is 1. The summed E-state index contributed by atoms with van der Waals surface area (Å²) in [4.78, 5) is 18.4. The quantitative estimate of drug-likeness (QED) is 0.857. The smallest absolute Gasteiger partial charge is 0.327 e. The summed E-state index contributed by atoms with van der Waals surface area (Å²) in [6, 6.07) is 7.69. The summed E-state index contributed by atoms with van der Waals surface area (Å²) in [5, 5.41) is 3.45. The minimum Gasteiger partial charge on any atom is -0.340 e. The second-order valence-electron chi connectivity index (χ2n) is 5.14. The molecule has 0 aliphatic carbocycles. The summed E-state index contributed by atoms with van der Waals surface area (Å²) in [5.74, 6) is 0. The van der Waals surface area contributed by atoms with Gasteiger partial charge in [0, 0.05) is 11.8 Å². The van der Waals surface area contributed by atoms with Gasteiger partial charge in [-0.05, 0) is 32.4 Å². The molecule has 0 bridgehead atoms. The van der Waals surface area contributed by atoms with E-state index >= 15 is 0 Å². The SMILES string of the molecule is CNC(=O)N(C1=NCC(C)(C)S1)c1ccccc1C. The van der Waals surface area contributed by atoms with Gasteiger partial charge in [0.1, 0.15) is 0 Å². The van der Waals surface area contributed by atoms with Gasteiger partial charge in [0.15, 0.2) is 5.17 Å². The predicted octanol–water partition coefficient (Wildman–Crippen LogP) is 3.02. The van der Waals surface area contributed by atoms with E-state index in [1.807, 2.05) is 31.2 Å². The zero-order valence-corrected chi connectivity index (χ0v) is 12.5. The van der Waals surface area contributed by atoms with Crippen LogP contribution in [0.3, 0.4) is 0 Å². The van der Waals surface area contributed by atoms with Gasteiger partial charge >= 0.3 is 6.03 Å². The number of hydrogen-bond donors (Lipinski definition) is 1. The maximum Gasteiger partial charge on any atom is 0.327 e. The van der Waals surface area contributed by atoms with Crippen LogP contribution in [0.5, 0.6) is 0 Å². The molecule has 0 saturated carbocycles. The molecule has 2 amide bonds. The topological polar surface area (TPSA) is 44.7 Å². The summed E-state index contributed by atoms with van der Waals surface area (Å²) in [6.45, 7) is 6.99. The monoisotopic (exact) mass is 277 g/mol. The maximum atomic E-state index is 12.2. The molecule has 1 aromatic rings. The van der Waals surface area contributed by atoms with Crippen LogP contribution in [-0.4, -0.2) is 29.5 Å². The molecule has 1 heterocycles. The highest BCUT2D eigenvalue weighted by Gasteiger charge is 2.33. The fourth-order valence-electron chi connectivity index (χ4n) is 1.91. The number of anilines is 1. The molecule has 0 spiro atoms. The second kappa shape index (κ2) is 5.25. The molecule has 1 N–H and O–H groups in total. The van der Waals surface area contributed by atoms with E-state index in [0.717, 1.165) is 23.0 Å². The molecule has 0 atom stereocenters. The summed E-state index contributed by atoms with van der Waals surface area (Å²) in [6.07, 6.45) is 0. The Morgan fingerprint density at radius 3 is 2.63 bits per heavy atom. The standard InChI is InChI=1S/C14H19N3OS/c1-10-7-5-6-8-11(10)17(12(18)15-4)13-16-9-14(2,3)19-13/h5-8H,9H2,1-4H3,(H,15,18). The molecule has 1 aromatic carbocycles. The number of nitrogens with one attached hydrogen (secondary N) is 1. The van der Waals surface area contributed by atoms with E-state index in [-0.39, 0.29) is 10.8 Å². The third-order valence-corrected chi connectivity index (χ3v) is 4.10. The third-order valence-electron chi connectivity index (χ3n) is 2.93. The number of aliphatic imine (C=N–C) groups is 1. The number of benzene rings is 1. The van der Waals surface area contributed by atoms with Gasteiger partial charge in [-0.2, -0.15) is 0 Å². The van der Waals surface area contributed by atoms with Crippen molar-refractivity contribution in [2.24, 2.45) is 4.99 Å². The zero-order chi connectivity index (χ0) is 14.0. The molecule has 1 aliphatic rings. The number of para-hydroxylation sites is 1. The highest BCUT2D eigenvalue weighted by Crippen LogP contribution is 2.35. The predicted molar refractivity (Wildman–Crippen MR) is 82.1 cm³/mol. The van der Waals surface area contributed by atoms with E-state index in [1.54, 1.807) is 23.7 Å². The van der Waals surface area contributed by atoms with Gasteiger partial charge in [-0.1, -0.05) is 30.0 Å². The molecule has 1 aliphatic heterocycles. The number of amides is 2. The van der Waals surface area contributed by atoms with Crippen molar-refractivity contribution < 1.29 is 4.79 Å². The van der Waals surface area contributed by atoms with Gasteiger partial charge in [0.25, 0.3) is 0 Å². The first-order chi connectivity index (χ1) is 8.94. The van der Waals surface area contributed by atoms with Crippen LogP contribution < -0.4 is 10.2 Å². The minimum absolute atomic E-state index is 0.0459. The van der Waals surface area contributed by atoms with Crippen molar-refractivity contribution in [3.8, 4) is 0 Å². The van der Waals surface area contributed by atoms with Crippen LogP contribution in [0.4, 0.5) is 10.5 Å². The van der Waals surface area contributed by atoms with Crippen LogP contribution in [-0.2, 0) is 0 Å². The largest absolute Gasteiger partial charge is 0.340 e. The maximum absolute atomic E-state index is 12.2. The van der Waals surface area contributed by atoms with E-state index in [2.05, 4.69) is 24.2 Å². The lowest BCUT2D eigenvalue weighted by atomic mass is 10.2. The number of carbonyl (C=O) groups is 1. The number of rotatable bonds is 1. The zero-order valence-electron chi connectivity index (χ0n) is 11.7. The molecule has 0 radical (unpaired) electrons. The van der Waals surface area contributed by atoms with Crippen LogP contribution in [0, 0.1) is 6.92 Å². The molecule has 0 saturated heterocycles. The van der Waals surface area contributed by atoms with E-state index in [9.17, 15) is 4.79 Å². The molecular formula is C14H19N3OS. The second-order valence-corrected chi connectivity index (χ2v) is 6.81. The Morgan fingerprint density at radius 2 is 2.11 bits per heavy atom. The first-order valence-electron chi connectivity index (χ1n) is 6.25. The van der Waals surface area contributed by atoms with Gasteiger partial charge in [-0.25, -0.2) is 9.69 Å². The van der Waals surface area contributed by atoms with E-state index in [0.29, 0.717) is 0 Å². The number of aryl methyl sites for hydroxylation is 1. The highest BCUT2D eigenvalue weighted by molar-refractivity contribution is 8.15.